The van der Waals surface area contributed by atoms with E-state index in [9.17, 15) is 14.4 Å². The van der Waals surface area contributed by atoms with E-state index in [1.165, 1.54) is 7.05 Å². The van der Waals surface area contributed by atoms with Crippen molar-refractivity contribution in [1.82, 2.24) is 10.6 Å². The number of nitrogens with one attached hydrogen (secondary N) is 2. The molecule has 6 nitrogen and oxygen atoms in total. The molecule has 0 aliphatic carbocycles. The summed E-state index contributed by atoms with van der Waals surface area (Å²) in [6, 6.07) is -0.638. The van der Waals surface area contributed by atoms with Crippen LogP contribution < -0.4 is 10.6 Å². The molecule has 0 spiro atoms. The van der Waals surface area contributed by atoms with Gasteiger partial charge in [0.05, 0.1) is 6.04 Å². The van der Waals surface area contributed by atoms with Gasteiger partial charge in [0, 0.05) is 6.42 Å². The number of carbonyl (C=O) groups excluding carboxylic acids is 2. The molecule has 0 rings (SSSR count). The standard InChI is InChI=1S/C7H12N2O4/c1-8-5(2-3-6(11)12)7(13)9-4-10/h4-5,8H,2-3H2,1H3,(H,11,12)(H,9,10,13). The van der Waals surface area contributed by atoms with E-state index in [0.717, 1.165) is 0 Å². The molecule has 0 heterocycles. The zero-order valence-corrected chi connectivity index (χ0v) is 7.24. The number of carbonyl (C=O) groups is 3. The van der Waals surface area contributed by atoms with Crippen LogP contribution in [-0.2, 0) is 14.4 Å². The lowest BCUT2D eigenvalue weighted by Crippen LogP contribution is -2.42. The van der Waals surface area contributed by atoms with Crippen LogP contribution in [0.15, 0.2) is 0 Å². The molecular weight excluding hydrogens is 176 g/mol. The van der Waals surface area contributed by atoms with E-state index < -0.39 is 17.9 Å². The SMILES string of the molecule is CNC(CCC(=O)O)C(=O)NC=O. The van der Waals surface area contributed by atoms with Crippen LogP contribution in [0.1, 0.15) is 12.8 Å². The van der Waals surface area contributed by atoms with Crippen molar-refractivity contribution < 1.29 is 19.5 Å². The van der Waals surface area contributed by atoms with Crippen LogP contribution in [0.5, 0.6) is 0 Å². The minimum Gasteiger partial charge on any atom is -0.481 e. The van der Waals surface area contributed by atoms with Crippen LogP contribution in [0.2, 0.25) is 0 Å². The van der Waals surface area contributed by atoms with Gasteiger partial charge in [-0.3, -0.25) is 19.7 Å². The summed E-state index contributed by atoms with van der Waals surface area (Å²) in [5.74, 6) is -1.49. The van der Waals surface area contributed by atoms with Gasteiger partial charge in [0.15, 0.2) is 0 Å². The Labute approximate surface area is 75.3 Å². The van der Waals surface area contributed by atoms with Gasteiger partial charge in [0.25, 0.3) is 0 Å². The Morgan fingerprint density at radius 3 is 2.54 bits per heavy atom. The Hall–Kier alpha value is -1.43. The smallest absolute Gasteiger partial charge is 0.303 e. The number of carboxylic acids is 1. The van der Waals surface area contributed by atoms with E-state index in [-0.39, 0.29) is 19.3 Å². The number of rotatable bonds is 6. The van der Waals surface area contributed by atoms with Gasteiger partial charge in [0.1, 0.15) is 0 Å². The quantitative estimate of drug-likeness (QED) is 0.451. The molecule has 0 bridgehead atoms. The van der Waals surface area contributed by atoms with Crippen LogP contribution in [0.3, 0.4) is 0 Å². The predicted octanol–water partition coefficient (Wildman–Crippen LogP) is -1.29. The van der Waals surface area contributed by atoms with Gasteiger partial charge < -0.3 is 10.4 Å². The van der Waals surface area contributed by atoms with Crippen molar-refractivity contribution in [3.05, 3.63) is 0 Å². The summed E-state index contributed by atoms with van der Waals surface area (Å²) >= 11 is 0. The summed E-state index contributed by atoms with van der Waals surface area (Å²) in [6.07, 6.45) is 0.316. The molecule has 0 aliphatic rings. The topological polar surface area (TPSA) is 95.5 Å². The number of likely N-dealkylation sites (N-methyl/N-ethyl adjacent to an activating group) is 1. The summed E-state index contributed by atoms with van der Waals surface area (Å²) in [5, 5.41) is 12.9. The van der Waals surface area contributed by atoms with Crippen LogP contribution in [0.4, 0.5) is 0 Å². The molecule has 0 saturated heterocycles. The number of carboxylic acid groups (broad SMARTS) is 1. The third-order valence-corrected chi connectivity index (χ3v) is 1.51. The Morgan fingerprint density at radius 1 is 1.54 bits per heavy atom. The zero-order valence-electron chi connectivity index (χ0n) is 7.24. The van der Waals surface area contributed by atoms with Crippen molar-refractivity contribution in [3.63, 3.8) is 0 Å². The second-order valence-electron chi connectivity index (χ2n) is 2.40. The highest BCUT2D eigenvalue weighted by atomic mass is 16.4. The second-order valence-corrected chi connectivity index (χ2v) is 2.40. The fourth-order valence-electron chi connectivity index (χ4n) is 0.833. The lowest BCUT2D eigenvalue weighted by molar-refractivity contribution is -0.137. The maximum atomic E-state index is 11.0. The first-order chi connectivity index (χ1) is 6.11. The fraction of sp³-hybridized carbons (Fsp3) is 0.571. The molecule has 0 saturated carbocycles. The molecule has 0 aromatic carbocycles. The highest BCUT2D eigenvalue weighted by molar-refractivity contribution is 5.90. The minimum atomic E-state index is -0.973. The third-order valence-electron chi connectivity index (χ3n) is 1.51. The fourth-order valence-corrected chi connectivity index (χ4v) is 0.833. The van der Waals surface area contributed by atoms with Gasteiger partial charge in [0.2, 0.25) is 12.3 Å². The molecule has 1 atom stereocenters. The summed E-state index contributed by atoms with van der Waals surface area (Å²) in [6.45, 7) is 0. The van der Waals surface area contributed by atoms with Crippen LogP contribution in [0, 0.1) is 0 Å². The summed E-state index contributed by atoms with van der Waals surface area (Å²) < 4.78 is 0. The Balaban J connectivity index is 3.93. The van der Waals surface area contributed by atoms with Crippen molar-refractivity contribution >= 4 is 18.3 Å². The predicted molar refractivity (Wildman–Crippen MR) is 43.9 cm³/mol. The van der Waals surface area contributed by atoms with E-state index in [0.29, 0.717) is 0 Å². The van der Waals surface area contributed by atoms with Gasteiger partial charge in [-0.1, -0.05) is 0 Å². The van der Waals surface area contributed by atoms with Gasteiger partial charge in [-0.15, -0.1) is 0 Å². The van der Waals surface area contributed by atoms with Crippen molar-refractivity contribution in [2.24, 2.45) is 0 Å². The van der Waals surface area contributed by atoms with Crippen LogP contribution in [-0.4, -0.2) is 36.5 Å². The molecule has 1 unspecified atom stereocenters. The largest absolute Gasteiger partial charge is 0.481 e. The van der Waals surface area contributed by atoms with Crippen molar-refractivity contribution in [2.75, 3.05) is 7.05 Å². The molecular formula is C7H12N2O4. The minimum absolute atomic E-state index is 0.113. The third kappa shape index (κ3) is 4.91. The van der Waals surface area contributed by atoms with E-state index >= 15 is 0 Å². The molecule has 0 aliphatic heterocycles. The Kier molecular flexibility index (Phi) is 5.45. The molecule has 0 radical (unpaired) electrons. The number of aliphatic carboxylic acids is 1. The highest BCUT2D eigenvalue weighted by Gasteiger charge is 2.16. The highest BCUT2D eigenvalue weighted by Crippen LogP contribution is 1.96. The normalized spacial score (nSPS) is 11.8. The molecule has 0 aromatic rings. The number of amides is 2. The Bertz CT molecular complexity index is 205. The lowest BCUT2D eigenvalue weighted by Gasteiger charge is -2.11. The maximum Gasteiger partial charge on any atom is 0.303 e. The van der Waals surface area contributed by atoms with E-state index in [1.54, 1.807) is 0 Å². The molecule has 6 heteroatoms. The molecule has 0 aromatic heterocycles. The first kappa shape index (κ1) is 11.6. The zero-order chi connectivity index (χ0) is 10.3. The molecule has 0 fully saturated rings. The average molecular weight is 188 g/mol. The van der Waals surface area contributed by atoms with Crippen molar-refractivity contribution in [1.29, 1.82) is 0 Å². The first-order valence-corrected chi connectivity index (χ1v) is 3.75. The van der Waals surface area contributed by atoms with Gasteiger partial charge >= 0.3 is 5.97 Å². The van der Waals surface area contributed by atoms with Gasteiger partial charge in [-0.25, -0.2) is 0 Å². The van der Waals surface area contributed by atoms with Crippen molar-refractivity contribution in [3.8, 4) is 0 Å². The summed E-state index contributed by atoms with van der Waals surface area (Å²) in [5.41, 5.74) is 0. The average Bonchev–Trinajstić information content (AvgIpc) is 2.05. The van der Waals surface area contributed by atoms with Crippen molar-refractivity contribution in [2.45, 2.75) is 18.9 Å². The molecule has 74 valence electrons. The summed E-state index contributed by atoms with van der Waals surface area (Å²) in [4.78, 5) is 31.1. The number of imide groups is 1. The summed E-state index contributed by atoms with van der Waals surface area (Å²) in [7, 11) is 1.52. The maximum absolute atomic E-state index is 11.0. The van der Waals surface area contributed by atoms with Gasteiger partial charge in [-0.05, 0) is 13.5 Å². The Morgan fingerprint density at radius 2 is 2.15 bits per heavy atom. The van der Waals surface area contributed by atoms with Crippen LogP contribution >= 0.6 is 0 Å². The molecule has 13 heavy (non-hydrogen) atoms. The van der Waals surface area contributed by atoms with Gasteiger partial charge in [-0.2, -0.15) is 0 Å². The number of hydrogen-bond donors (Lipinski definition) is 3. The van der Waals surface area contributed by atoms with E-state index in [2.05, 4.69) is 5.32 Å². The van der Waals surface area contributed by atoms with Crippen LogP contribution in [0.25, 0.3) is 0 Å². The molecule has 3 N–H and O–H groups in total. The molecule has 2 amide bonds. The van der Waals surface area contributed by atoms with E-state index in [1.807, 2.05) is 5.32 Å². The monoisotopic (exact) mass is 188 g/mol. The second kappa shape index (κ2) is 6.13. The lowest BCUT2D eigenvalue weighted by atomic mass is 10.1. The first-order valence-electron chi connectivity index (χ1n) is 3.75. The van der Waals surface area contributed by atoms with E-state index in [4.69, 9.17) is 5.11 Å². The number of hydrogen-bond acceptors (Lipinski definition) is 4.